The van der Waals surface area contributed by atoms with Gasteiger partial charge in [-0.3, -0.25) is 0 Å². The first-order valence-electron chi connectivity index (χ1n) is 3.09. The number of alkyl halides is 5. The molecule has 1 aromatic rings. The van der Waals surface area contributed by atoms with Crippen LogP contribution >= 0.6 is 58.0 Å². The Morgan fingerprint density at radius 1 is 1.08 bits per heavy atom. The van der Waals surface area contributed by atoms with Crippen LogP contribution in [0.2, 0.25) is 0 Å². The van der Waals surface area contributed by atoms with E-state index in [9.17, 15) is 0 Å². The van der Waals surface area contributed by atoms with Crippen LogP contribution in [0.5, 0.6) is 0 Å². The molecule has 0 unspecified atom stereocenters. The zero-order chi connectivity index (χ0) is 10.3. The highest BCUT2D eigenvalue weighted by atomic mass is 35.6. The lowest BCUT2D eigenvalue weighted by atomic mass is 10.2. The summed E-state index contributed by atoms with van der Waals surface area (Å²) in [5.74, 6) is 0. The minimum absolute atomic E-state index is 0.204. The van der Waals surface area contributed by atoms with Crippen LogP contribution in [0.1, 0.15) is 11.4 Å². The van der Waals surface area contributed by atoms with Crippen molar-refractivity contribution in [3.05, 3.63) is 11.4 Å². The second-order valence-electron chi connectivity index (χ2n) is 2.33. The van der Waals surface area contributed by atoms with E-state index in [0.717, 1.165) is 0 Å². The normalized spacial score (nSPS) is 13.4. The molecule has 0 bridgehead atoms. The van der Waals surface area contributed by atoms with Crippen molar-refractivity contribution in [3.63, 3.8) is 0 Å². The molecule has 8 heteroatoms. The molecule has 1 aromatic heterocycles. The Kier molecular flexibility index (Phi) is 3.26. The zero-order valence-corrected chi connectivity index (χ0v) is 10.1. The van der Waals surface area contributed by atoms with Gasteiger partial charge in [-0.05, 0) is 6.92 Å². The number of aromatic amines is 1. The molecule has 0 fully saturated rings. The Morgan fingerprint density at radius 3 is 1.92 bits per heavy atom. The molecule has 0 spiro atoms. The van der Waals surface area contributed by atoms with E-state index in [1.807, 2.05) is 0 Å². The first-order valence-corrected chi connectivity index (χ1v) is 4.98. The van der Waals surface area contributed by atoms with E-state index >= 15 is 0 Å². The monoisotopic (exact) mass is 281 g/mol. The summed E-state index contributed by atoms with van der Waals surface area (Å²) in [5, 5.41) is 9.75. The fourth-order valence-corrected chi connectivity index (χ4v) is 1.34. The molecule has 0 aliphatic carbocycles. The topological polar surface area (TPSA) is 41.6 Å². The first-order chi connectivity index (χ1) is 5.77. The predicted octanol–water partition coefficient (Wildman–Crippen LogP) is 3.11. The molecule has 74 valence electrons. The molecule has 0 amide bonds. The molecule has 13 heavy (non-hydrogen) atoms. The summed E-state index contributed by atoms with van der Waals surface area (Å²) >= 11 is 28.4. The number of H-pyrrole nitrogens is 1. The lowest BCUT2D eigenvalue weighted by molar-refractivity contribution is 0.810. The fourth-order valence-electron chi connectivity index (χ4n) is 0.716. The molecule has 0 aliphatic rings. The number of rotatable bonds is 1. The van der Waals surface area contributed by atoms with Gasteiger partial charge in [0.25, 0.3) is 0 Å². The van der Waals surface area contributed by atoms with Crippen LogP contribution in [0, 0.1) is 6.92 Å². The zero-order valence-electron chi connectivity index (χ0n) is 6.28. The molecule has 0 saturated heterocycles. The number of hydrogen-bond donors (Lipinski definition) is 1. The maximum Gasteiger partial charge on any atom is 0.228 e. The van der Waals surface area contributed by atoms with Gasteiger partial charge in [-0.2, -0.15) is 15.4 Å². The molecule has 0 aliphatic heterocycles. The van der Waals surface area contributed by atoms with Gasteiger partial charge in [0.2, 0.25) is 8.13 Å². The van der Waals surface area contributed by atoms with E-state index in [0.29, 0.717) is 5.69 Å². The molecule has 0 saturated carbocycles. The summed E-state index contributed by atoms with van der Waals surface area (Å²) in [6.07, 6.45) is 0. The average molecular weight is 283 g/mol. The lowest BCUT2D eigenvalue weighted by Gasteiger charge is -2.25. The third kappa shape index (κ3) is 2.16. The van der Waals surface area contributed by atoms with Crippen molar-refractivity contribution >= 4 is 58.0 Å². The van der Waals surface area contributed by atoms with Crippen molar-refractivity contribution in [2.75, 3.05) is 0 Å². The SMILES string of the molecule is Cc1n[nH]nc1C(Cl)(Cl)C(Cl)(Cl)Cl. The maximum atomic E-state index is 5.83. The molecule has 1 N–H and O–H groups in total. The lowest BCUT2D eigenvalue weighted by Crippen LogP contribution is -2.29. The van der Waals surface area contributed by atoms with Crippen molar-refractivity contribution in [2.24, 2.45) is 0 Å². The van der Waals surface area contributed by atoms with Gasteiger partial charge in [0, 0.05) is 0 Å². The van der Waals surface area contributed by atoms with Gasteiger partial charge in [0.1, 0.15) is 5.69 Å². The van der Waals surface area contributed by atoms with E-state index in [2.05, 4.69) is 15.4 Å². The largest absolute Gasteiger partial charge is 0.228 e. The van der Waals surface area contributed by atoms with Crippen molar-refractivity contribution in [2.45, 2.75) is 15.0 Å². The Bertz CT molecular complexity index is 301. The van der Waals surface area contributed by atoms with Crippen LogP contribution in [0.4, 0.5) is 0 Å². The smallest absolute Gasteiger partial charge is 0.197 e. The highest BCUT2D eigenvalue weighted by molar-refractivity contribution is 6.75. The standard InChI is InChI=1S/C5H4Cl5N3/c1-2-3(12-13-11-2)4(6,7)5(8,9)10/h1H3,(H,11,12,13). The molecule has 0 aromatic carbocycles. The number of aryl methyl sites for hydroxylation is 1. The molecule has 3 nitrogen and oxygen atoms in total. The number of halogens is 5. The minimum atomic E-state index is -1.86. The second kappa shape index (κ2) is 3.63. The van der Waals surface area contributed by atoms with Crippen LogP contribution in [-0.4, -0.2) is 19.2 Å². The molecular weight excluding hydrogens is 279 g/mol. The molecule has 1 heterocycles. The summed E-state index contributed by atoms with van der Waals surface area (Å²) < 4.78 is -3.58. The third-order valence-electron chi connectivity index (χ3n) is 1.38. The number of aromatic nitrogens is 3. The van der Waals surface area contributed by atoms with Crippen molar-refractivity contribution in [3.8, 4) is 0 Å². The van der Waals surface area contributed by atoms with Crippen molar-refractivity contribution < 1.29 is 0 Å². The van der Waals surface area contributed by atoms with E-state index in [-0.39, 0.29) is 5.69 Å². The Labute approximate surface area is 99.6 Å². The van der Waals surface area contributed by atoms with Gasteiger partial charge in [-0.15, -0.1) is 0 Å². The quantitative estimate of drug-likeness (QED) is 0.805. The number of nitrogens with one attached hydrogen (secondary N) is 1. The van der Waals surface area contributed by atoms with Crippen LogP contribution in [-0.2, 0) is 4.33 Å². The fraction of sp³-hybridized carbons (Fsp3) is 0.600. The summed E-state index contributed by atoms with van der Waals surface area (Å²) in [7, 11) is 0. The van der Waals surface area contributed by atoms with E-state index in [1.54, 1.807) is 6.92 Å². The van der Waals surface area contributed by atoms with Gasteiger partial charge in [0.15, 0.2) is 0 Å². The van der Waals surface area contributed by atoms with Gasteiger partial charge < -0.3 is 0 Å². The second-order valence-corrected chi connectivity index (χ2v) is 5.94. The Hall–Kier alpha value is 0.590. The molecule has 1 rings (SSSR count). The van der Waals surface area contributed by atoms with Gasteiger partial charge in [-0.1, -0.05) is 58.0 Å². The van der Waals surface area contributed by atoms with Gasteiger partial charge in [0.05, 0.1) is 5.69 Å². The Morgan fingerprint density at radius 2 is 1.62 bits per heavy atom. The molecule has 0 atom stereocenters. The third-order valence-corrected chi connectivity index (χ3v) is 3.73. The summed E-state index contributed by atoms with van der Waals surface area (Å²) in [6, 6.07) is 0. The Balaban J connectivity index is 3.15. The van der Waals surface area contributed by atoms with Gasteiger partial charge >= 0.3 is 0 Å². The highest BCUT2D eigenvalue weighted by Gasteiger charge is 2.50. The number of nitrogens with zero attached hydrogens (tertiary/aromatic N) is 2. The average Bonchev–Trinajstić information content (AvgIpc) is 2.32. The molecule has 0 radical (unpaired) electrons. The van der Waals surface area contributed by atoms with Crippen LogP contribution in [0.3, 0.4) is 0 Å². The van der Waals surface area contributed by atoms with E-state index < -0.39 is 8.13 Å². The maximum absolute atomic E-state index is 5.83. The van der Waals surface area contributed by atoms with Crippen LogP contribution < -0.4 is 0 Å². The van der Waals surface area contributed by atoms with Crippen molar-refractivity contribution in [1.29, 1.82) is 0 Å². The van der Waals surface area contributed by atoms with Crippen molar-refractivity contribution in [1.82, 2.24) is 15.4 Å². The summed E-state index contributed by atoms with van der Waals surface area (Å²) in [6.45, 7) is 1.65. The summed E-state index contributed by atoms with van der Waals surface area (Å²) in [5.41, 5.74) is 0.687. The van der Waals surface area contributed by atoms with Crippen LogP contribution in [0.25, 0.3) is 0 Å². The van der Waals surface area contributed by atoms with E-state index in [4.69, 9.17) is 58.0 Å². The highest BCUT2D eigenvalue weighted by Crippen LogP contribution is 2.52. The summed E-state index contributed by atoms with van der Waals surface area (Å²) in [4.78, 5) is 0. The minimum Gasteiger partial charge on any atom is -0.197 e. The first kappa shape index (κ1) is 11.7. The molecular formula is C5H4Cl5N3. The van der Waals surface area contributed by atoms with Gasteiger partial charge in [-0.25, -0.2) is 0 Å². The predicted molar refractivity (Wildman–Crippen MR) is 54.8 cm³/mol. The van der Waals surface area contributed by atoms with E-state index in [1.165, 1.54) is 0 Å². The number of hydrogen-bond acceptors (Lipinski definition) is 2. The van der Waals surface area contributed by atoms with Crippen LogP contribution in [0.15, 0.2) is 0 Å².